The van der Waals surface area contributed by atoms with Crippen molar-refractivity contribution in [2.75, 3.05) is 32.8 Å². The van der Waals surface area contributed by atoms with E-state index in [1.54, 1.807) is 12.4 Å². The molecule has 3 heterocycles. The van der Waals surface area contributed by atoms with Gasteiger partial charge in [0.1, 0.15) is 6.54 Å². The van der Waals surface area contributed by atoms with Gasteiger partial charge in [0.05, 0.1) is 24.6 Å². The molecule has 0 N–H and O–H groups in total. The van der Waals surface area contributed by atoms with Gasteiger partial charge in [0, 0.05) is 31.8 Å². The van der Waals surface area contributed by atoms with Gasteiger partial charge >= 0.3 is 0 Å². The monoisotopic (exact) mass is 361 g/mol. The van der Waals surface area contributed by atoms with Crippen LogP contribution in [0.5, 0.6) is 0 Å². The van der Waals surface area contributed by atoms with E-state index in [0.717, 1.165) is 24.8 Å². The summed E-state index contributed by atoms with van der Waals surface area (Å²) in [6, 6.07) is 0. The minimum Gasteiger partial charge on any atom is -0.371 e. The summed E-state index contributed by atoms with van der Waals surface area (Å²) in [5.41, 5.74) is 0.460. The zero-order valence-electron chi connectivity index (χ0n) is 15.6. The van der Waals surface area contributed by atoms with Crippen LogP contribution in [0.3, 0.4) is 0 Å². The number of nitrogens with zero attached hydrogens (tertiary/aromatic N) is 5. The van der Waals surface area contributed by atoms with Crippen molar-refractivity contribution in [1.29, 1.82) is 0 Å². The predicted octanol–water partition coefficient (Wildman–Crippen LogP) is 0.854. The second-order valence-electron chi connectivity index (χ2n) is 6.99. The Morgan fingerprint density at radius 1 is 1.15 bits per heavy atom. The third kappa shape index (κ3) is 4.12. The Labute approximate surface area is 153 Å². The average molecular weight is 361 g/mol. The van der Waals surface area contributed by atoms with Crippen LogP contribution in [0, 0.1) is 0 Å². The maximum atomic E-state index is 12.5. The number of piperidine rings is 1. The molecule has 1 spiro atoms. The second-order valence-corrected chi connectivity index (χ2v) is 6.99. The molecule has 0 bridgehead atoms. The SMILES string of the molecule is CCC=C(C)C(=O)N1CCC2(CC1)CN(C(=O)Cn1nccn1)CCO2. The number of hydrogen-bond donors (Lipinski definition) is 0. The number of ether oxygens (including phenoxy) is 1. The van der Waals surface area contributed by atoms with Crippen LogP contribution in [-0.4, -0.2) is 75.0 Å². The van der Waals surface area contributed by atoms with Crippen molar-refractivity contribution in [2.24, 2.45) is 0 Å². The molecule has 0 radical (unpaired) electrons. The molecule has 142 valence electrons. The number of carbonyl (C=O) groups is 2. The van der Waals surface area contributed by atoms with E-state index >= 15 is 0 Å². The molecule has 2 aliphatic heterocycles. The summed E-state index contributed by atoms with van der Waals surface area (Å²) in [5.74, 6) is 0.110. The van der Waals surface area contributed by atoms with E-state index in [9.17, 15) is 9.59 Å². The molecule has 0 aromatic carbocycles. The molecule has 8 heteroatoms. The summed E-state index contributed by atoms with van der Waals surface area (Å²) >= 11 is 0. The van der Waals surface area contributed by atoms with Crippen molar-refractivity contribution in [3.05, 3.63) is 24.0 Å². The van der Waals surface area contributed by atoms with Crippen LogP contribution >= 0.6 is 0 Å². The second kappa shape index (κ2) is 7.99. The molecule has 2 fully saturated rings. The zero-order chi connectivity index (χ0) is 18.6. The molecule has 0 atom stereocenters. The van der Waals surface area contributed by atoms with Crippen molar-refractivity contribution >= 4 is 11.8 Å². The van der Waals surface area contributed by atoms with Gasteiger partial charge in [-0.05, 0) is 26.2 Å². The van der Waals surface area contributed by atoms with Crippen molar-refractivity contribution in [3.8, 4) is 0 Å². The summed E-state index contributed by atoms with van der Waals surface area (Å²) < 4.78 is 6.07. The summed E-state index contributed by atoms with van der Waals surface area (Å²) in [6.45, 7) is 7.06. The van der Waals surface area contributed by atoms with Crippen LogP contribution in [0.2, 0.25) is 0 Å². The van der Waals surface area contributed by atoms with Crippen molar-refractivity contribution in [2.45, 2.75) is 45.3 Å². The quantitative estimate of drug-likeness (QED) is 0.743. The summed E-state index contributed by atoms with van der Waals surface area (Å²) in [5, 5.41) is 7.99. The molecule has 1 aromatic heterocycles. The Morgan fingerprint density at radius 3 is 2.50 bits per heavy atom. The first-order valence-corrected chi connectivity index (χ1v) is 9.25. The van der Waals surface area contributed by atoms with Gasteiger partial charge in [0.15, 0.2) is 0 Å². The van der Waals surface area contributed by atoms with Crippen molar-refractivity contribution in [3.63, 3.8) is 0 Å². The van der Waals surface area contributed by atoms with Gasteiger partial charge in [0.2, 0.25) is 11.8 Å². The van der Waals surface area contributed by atoms with Gasteiger partial charge in [-0.15, -0.1) is 0 Å². The van der Waals surface area contributed by atoms with E-state index in [1.807, 2.05) is 29.7 Å². The molecule has 0 unspecified atom stereocenters. The smallest absolute Gasteiger partial charge is 0.249 e. The highest BCUT2D eigenvalue weighted by Crippen LogP contribution is 2.30. The lowest BCUT2D eigenvalue weighted by atomic mass is 9.89. The number of amides is 2. The Morgan fingerprint density at radius 2 is 1.85 bits per heavy atom. The average Bonchev–Trinajstić information content (AvgIpc) is 3.15. The zero-order valence-corrected chi connectivity index (χ0v) is 15.6. The highest BCUT2D eigenvalue weighted by Gasteiger charge is 2.41. The molecule has 1 aromatic rings. The largest absolute Gasteiger partial charge is 0.371 e. The summed E-state index contributed by atoms with van der Waals surface area (Å²) in [4.78, 5) is 30.1. The van der Waals surface area contributed by atoms with Gasteiger partial charge in [-0.25, -0.2) is 0 Å². The van der Waals surface area contributed by atoms with Crippen LogP contribution in [0.15, 0.2) is 24.0 Å². The minimum atomic E-state index is -0.343. The molecule has 2 saturated heterocycles. The minimum absolute atomic E-state index is 0.00380. The predicted molar refractivity (Wildman–Crippen MR) is 95.1 cm³/mol. The maximum absolute atomic E-state index is 12.5. The third-order valence-electron chi connectivity index (χ3n) is 5.15. The highest BCUT2D eigenvalue weighted by atomic mass is 16.5. The fraction of sp³-hybridized carbons (Fsp3) is 0.667. The fourth-order valence-electron chi connectivity index (χ4n) is 3.67. The summed E-state index contributed by atoms with van der Waals surface area (Å²) in [7, 11) is 0. The molecule has 8 nitrogen and oxygen atoms in total. The first kappa shape index (κ1) is 18.6. The first-order valence-electron chi connectivity index (χ1n) is 9.25. The Hall–Kier alpha value is -2.22. The number of aromatic nitrogens is 3. The van der Waals surface area contributed by atoms with Gasteiger partial charge in [0.25, 0.3) is 0 Å². The number of likely N-dealkylation sites (tertiary alicyclic amines) is 1. The van der Waals surface area contributed by atoms with Gasteiger partial charge in [-0.1, -0.05) is 13.0 Å². The molecule has 26 heavy (non-hydrogen) atoms. The first-order chi connectivity index (χ1) is 12.5. The number of rotatable bonds is 4. The van der Waals surface area contributed by atoms with E-state index in [-0.39, 0.29) is 24.0 Å². The Bertz CT molecular complexity index is 662. The topological polar surface area (TPSA) is 80.6 Å². The van der Waals surface area contributed by atoms with E-state index in [2.05, 4.69) is 10.2 Å². The number of allylic oxidation sites excluding steroid dienone is 1. The van der Waals surface area contributed by atoms with E-state index < -0.39 is 0 Å². The molecule has 2 amide bonds. The van der Waals surface area contributed by atoms with Crippen LogP contribution in [0.1, 0.15) is 33.1 Å². The molecule has 0 aliphatic carbocycles. The highest BCUT2D eigenvalue weighted by molar-refractivity contribution is 5.92. The standard InChI is InChI=1S/C18H27N5O3/c1-3-4-15(2)17(25)21-9-5-18(6-10-21)14-22(11-12-26-18)16(24)13-23-19-7-8-20-23/h4,7-8H,3,5-6,9-14H2,1-2H3. The lowest BCUT2D eigenvalue weighted by Crippen LogP contribution is -2.59. The number of hydrogen-bond acceptors (Lipinski definition) is 5. The normalized spacial score (nSPS) is 20.5. The molecule has 0 saturated carbocycles. The lowest BCUT2D eigenvalue weighted by Gasteiger charge is -2.47. The van der Waals surface area contributed by atoms with Gasteiger partial charge in [-0.2, -0.15) is 15.0 Å². The van der Waals surface area contributed by atoms with Crippen molar-refractivity contribution < 1.29 is 14.3 Å². The van der Waals surface area contributed by atoms with Crippen LogP contribution in [0.25, 0.3) is 0 Å². The summed E-state index contributed by atoms with van der Waals surface area (Å²) in [6.07, 6.45) is 7.46. The van der Waals surface area contributed by atoms with E-state index in [0.29, 0.717) is 32.8 Å². The fourth-order valence-corrected chi connectivity index (χ4v) is 3.67. The van der Waals surface area contributed by atoms with Crippen LogP contribution in [-0.2, 0) is 20.9 Å². The van der Waals surface area contributed by atoms with Crippen LogP contribution < -0.4 is 0 Å². The van der Waals surface area contributed by atoms with Crippen molar-refractivity contribution in [1.82, 2.24) is 24.8 Å². The molecule has 3 rings (SSSR count). The number of carbonyl (C=O) groups excluding carboxylic acids is 2. The van der Waals surface area contributed by atoms with E-state index in [4.69, 9.17) is 4.74 Å². The Kier molecular flexibility index (Phi) is 5.70. The number of morpholine rings is 1. The maximum Gasteiger partial charge on any atom is 0.249 e. The van der Waals surface area contributed by atoms with Gasteiger partial charge in [-0.3, -0.25) is 9.59 Å². The van der Waals surface area contributed by atoms with Crippen LogP contribution in [0.4, 0.5) is 0 Å². The molecular formula is C18H27N5O3. The molecular weight excluding hydrogens is 334 g/mol. The third-order valence-corrected chi connectivity index (χ3v) is 5.15. The Balaban J connectivity index is 1.57. The van der Waals surface area contributed by atoms with E-state index in [1.165, 1.54) is 4.80 Å². The van der Waals surface area contributed by atoms with Gasteiger partial charge < -0.3 is 14.5 Å². The molecule has 2 aliphatic rings. The lowest BCUT2D eigenvalue weighted by molar-refractivity contribution is -0.163.